The van der Waals surface area contributed by atoms with E-state index in [9.17, 15) is 4.79 Å². The Morgan fingerprint density at radius 1 is 1.44 bits per heavy atom. The number of rotatable bonds is 5. The van der Waals surface area contributed by atoms with Gasteiger partial charge in [0, 0.05) is 12.3 Å². The van der Waals surface area contributed by atoms with Gasteiger partial charge < -0.3 is 5.32 Å². The van der Waals surface area contributed by atoms with Crippen LogP contribution in [-0.4, -0.2) is 25.7 Å². The van der Waals surface area contributed by atoms with Gasteiger partial charge in [0.15, 0.2) is 5.82 Å². The second kappa shape index (κ2) is 5.43. The summed E-state index contributed by atoms with van der Waals surface area (Å²) in [6, 6.07) is 0. The number of hydrogen-bond donors (Lipinski definition) is 1. The van der Waals surface area contributed by atoms with Crippen molar-refractivity contribution in [3.8, 4) is 0 Å². The first-order chi connectivity index (χ1) is 8.61. The van der Waals surface area contributed by atoms with E-state index < -0.39 is 0 Å². The molecule has 2 rings (SSSR count). The summed E-state index contributed by atoms with van der Waals surface area (Å²) in [5, 5.41) is 15.8. The topological polar surface area (TPSA) is 72.2 Å². The van der Waals surface area contributed by atoms with Crippen LogP contribution < -0.4 is 5.32 Å². The van der Waals surface area contributed by atoms with Crippen LogP contribution in [0.2, 0.25) is 0 Å². The first-order valence-electron chi connectivity index (χ1n) is 6.13. The van der Waals surface area contributed by atoms with Crippen LogP contribution in [0.25, 0.3) is 4.96 Å². The van der Waals surface area contributed by atoms with Gasteiger partial charge in [0.2, 0.25) is 16.0 Å². The zero-order chi connectivity index (χ0) is 13.1. The summed E-state index contributed by atoms with van der Waals surface area (Å²) in [7, 11) is 0. The second-order valence-corrected chi connectivity index (χ2v) is 5.42. The number of fused-ring (bicyclic) bond motifs is 1. The Morgan fingerprint density at radius 3 is 2.89 bits per heavy atom. The molecule has 0 aliphatic carbocycles. The molecule has 0 saturated carbocycles. The van der Waals surface area contributed by atoms with Crippen molar-refractivity contribution in [3.05, 3.63) is 5.82 Å². The van der Waals surface area contributed by atoms with Crippen molar-refractivity contribution in [2.75, 3.05) is 5.32 Å². The van der Waals surface area contributed by atoms with Gasteiger partial charge in [-0.05, 0) is 6.42 Å². The van der Waals surface area contributed by atoms with E-state index in [1.54, 1.807) is 4.52 Å². The smallest absolute Gasteiger partial charge is 0.236 e. The number of amides is 1. The van der Waals surface area contributed by atoms with E-state index >= 15 is 0 Å². The molecule has 0 radical (unpaired) electrons. The summed E-state index contributed by atoms with van der Waals surface area (Å²) in [6.07, 6.45) is 2.44. The molecule has 7 heteroatoms. The highest BCUT2D eigenvalue weighted by Gasteiger charge is 2.15. The standard InChI is InChI=1S/C11H17N5OS/c1-4-5-6-8(17)12-10-15-16-9(7(2)3)13-14-11(16)18-10/h7H,4-6H2,1-3H3,(H,12,15,17). The highest BCUT2D eigenvalue weighted by Crippen LogP contribution is 2.21. The number of nitrogens with one attached hydrogen (secondary N) is 1. The molecule has 0 aliphatic heterocycles. The molecule has 2 aromatic heterocycles. The van der Waals surface area contributed by atoms with E-state index in [0.29, 0.717) is 16.5 Å². The van der Waals surface area contributed by atoms with Crippen LogP contribution in [0.1, 0.15) is 51.8 Å². The number of unbranched alkanes of at least 4 members (excludes halogenated alkanes) is 1. The van der Waals surface area contributed by atoms with Crippen molar-refractivity contribution in [2.24, 2.45) is 0 Å². The third kappa shape index (κ3) is 2.66. The summed E-state index contributed by atoms with van der Waals surface area (Å²) < 4.78 is 1.70. The number of hydrogen-bond acceptors (Lipinski definition) is 5. The molecule has 6 nitrogen and oxygen atoms in total. The van der Waals surface area contributed by atoms with Crippen molar-refractivity contribution in [1.82, 2.24) is 19.8 Å². The van der Waals surface area contributed by atoms with Gasteiger partial charge in [0.25, 0.3) is 0 Å². The van der Waals surface area contributed by atoms with Crippen LogP contribution in [0.15, 0.2) is 0 Å². The molecule has 0 bridgehead atoms. The van der Waals surface area contributed by atoms with Crippen molar-refractivity contribution in [1.29, 1.82) is 0 Å². The fourth-order valence-electron chi connectivity index (χ4n) is 1.56. The number of anilines is 1. The van der Waals surface area contributed by atoms with Crippen LogP contribution in [0.5, 0.6) is 0 Å². The molecule has 0 atom stereocenters. The van der Waals surface area contributed by atoms with E-state index in [0.717, 1.165) is 18.7 Å². The van der Waals surface area contributed by atoms with Gasteiger partial charge in [-0.25, -0.2) is 0 Å². The van der Waals surface area contributed by atoms with E-state index in [-0.39, 0.29) is 11.8 Å². The molecule has 0 unspecified atom stereocenters. The number of nitrogens with zero attached hydrogens (tertiary/aromatic N) is 4. The zero-order valence-electron chi connectivity index (χ0n) is 10.8. The predicted molar refractivity (Wildman–Crippen MR) is 70.9 cm³/mol. The highest BCUT2D eigenvalue weighted by molar-refractivity contribution is 7.20. The van der Waals surface area contributed by atoms with Gasteiger partial charge in [-0.15, -0.1) is 15.3 Å². The van der Waals surface area contributed by atoms with E-state index in [4.69, 9.17) is 0 Å². The average molecular weight is 267 g/mol. The van der Waals surface area contributed by atoms with Crippen molar-refractivity contribution < 1.29 is 4.79 Å². The molecule has 2 heterocycles. The second-order valence-electron chi connectivity index (χ2n) is 4.47. The van der Waals surface area contributed by atoms with Crippen molar-refractivity contribution in [2.45, 2.75) is 46.0 Å². The lowest BCUT2D eigenvalue weighted by atomic mass is 10.2. The van der Waals surface area contributed by atoms with Gasteiger partial charge in [0.1, 0.15) is 0 Å². The maximum Gasteiger partial charge on any atom is 0.236 e. The zero-order valence-corrected chi connectivity index (χ0v) is 11.6. The molecule has 0 aliphatic rings. The van der Waals surface area contributed by atoms with Crippen LogP contribution in [-0.2, 0) is 4.79 Å². The van der Waals surface area contributed by atoms with Gasteiger partial charge in [-0.3, -0.25) is 4.79 Å². The maximum atomic E-state index is 11.6. The Balaban J connectivity index is 2.13. The molecule has 98 valence electrons. The molecule has 1 N–H and O–H groups in total. The lowest BCUT2D eigenvalue weighted by molar-refractivity contribution is -0.116. The fraction of sp³-hybridized carbons (Fsp3) is 0.636. The fourth-order valence-corrected chi connectivity index (χ4v) is 2.32. The van der Waals surface area contributed by atoms with Crippen LogP contribution in [0.3, 0.4) is 0 Å². The average Bonchev–Trinajstić information content (AvgIpc) is 2.84. The third-order valence-corrected chi connectivity index (χ3v) is 3.35. The SMILES string of the molecule is CCCCC(=O)Nc1nn2c(C(C)C)nnc2s1. The van der Waals surface area contributed by atoms with E-state index in [1.807, 2.05) is 13.8 Å². The lowest BCUT2D eigenvalue weighted by Gasteiger charge is -2.00. The number of carbonyl (C=O) groups is 1. The Hall–Kier alpha value is -1.50. The summed E-state index contributed by atoms with van der Waals surface area (Å²) in [5.74, 6) is 1.08. The minimum Gasteiger partial charge on any atom is -0.301 e. The highest BCUT2D eigenvalue weighted by atomic mass is 32.1. The molecular formula is C11H17N5OS. The van der Waals surface area contributed by atoms with E-state index in [2.05, 4.69) is 27.5 Å². The molecule has 1 amide bonds. The Kier molecular flexibility index (Phi) is 3.90. The third-order valence-electron chi connectivity index (χ3n) is 2.54. The quantitative estimate of drug-likeness (QED) is 0.903. The Morgan fingerprint density at radius 2 is 2.22 bits per heavy atom. The number of carbonyl (C=O) groups excluding carboxylic acids is 1. The van der Waals surface area contributed by atoms with E-state index in [1.165, 1.54) is 11.3 Å². The van der Waals surface area contributed by atoms with Gasteiger partial charge >= 0.3 is 0 Å². The number of aromatic nitrogens is 4. The van der Waals surface area contributed by atoms with Gasteiger partial charge in [0.05, 0.1) is 0 Å². The normalized spacial score (nSPS) is 11.3. The van der Waals surface area contributed by atoms with Crippen LogP contribution in [0, 0.1) is 0 Å². The Labute approximate surface area is 109 Å². The molecule has 18 heavy (non-hydrogen) atoms. The first-order valence-corrected chi connectivity index (χ1v) is 6.95. The monoisotopic (exact) mass is 267 g/mol. The molecule has 0 spiro atoms. The molecule has 0 aromatic carbocycles. The van der Waals surface area contributed by atoms with Crippen molar-refractivity contribution in [3.63, 3.8) is 0 Å². The molecule has 0 saturated heterocycles. The largest absolute Gasteiger partial charge is 0.301 e. The molecule has 0 fully saturated rings. The lowest BCUT2D eigenvalue weighted by Crippen LogP contribution is -2.11. The summed E-state index contributed by atoms with van der Waals surface area (Å²) >= 11 is 1.34. The summed E-state index contributed by atoms with van der Waals surface area (Å²) in [5.41, 5.74) is 0. The van der Waals surface area contributed by atoms with Gasteiger partial charge in [-0.1, -0.05) is 38.5 Å². The maximum absolute atomic E-state index is 11.6. The summed E-state index contributed by atoms with van der Waals surface area (Å²) in [6.45, 7) is 6.13. The Bertz CT molecular complexity index is 545. The minimum absolute atomic E-state index is 0.00732. The van der Waals surface area contributed by atoms with Crippen LogP contribution >= 0.6 is 11.3 Å². The van der Waals surface area contributed by atoms with Crippen LogP contribution in [0.4, 0.5) is 5.13 Å². The molecular weight excluding hydrogens is 250 g/mol. The summed E-state index contributed by atoms with van der Waals surface area (Å²) in [4.78, 5) is 12.3. The molecule has 2 aromatic rings. The van der Waals surface area contributed by atoms with Crippen molar-refractivity contribution >= 4 is 27.3 Å². The van der Waals surface area contributed by atoms with Gasteiger partial charge in [-0.2, -0.15) is 4.52 Å². The predicted octanol–water partition coefficient (Wildman–Crippen LogP) is 2.44. The first kappa shape index (κ1) is 12.9. The minimum atomic E-state index is 0.00732.